The second-order valence-corrected chi connectivity index (χ2v) is 27.8. The molecule has 99 heavy (non-hydrogen) atoms. The number of Topliss-reactive ketones (excluding diaryl/α,β-unsaturated/α-hetero) is 3. The second-order valence-electron chi connectivity index (χ2n) is 27.8. The number of hydrogen-bond acceptors (Lipinski definition) is 23. The number of aromatic nitrogens is 8. The van der Waals surface area contributed by atoms with Crippen LogP contribution in [0.1, 0.15) is 144 Å². The number of benzene rings is 1. The van der Waals surface area contributed by atoms with Gasteiger partial charge in [-0.3, -0.25) is 23.9 Å². The summed E-state index contributed by atoms with van der Waals surface area (Å²) in [6.07, 6.45) is 18.2. The zero-order valence-electron chi connectivity index (χ0n) is 59.2. The fourth-order valence-corrected chi connectivity index (χ4v) is 14.6. The maximum atomic E-state index is 14.8. The zero-order valence-corrected chi connectivity index (χ0v) is 59.2. The van der Waals surface area contributed by atoms with Crippen LogP contribution in [0.25, 0.3) is 33.4 Å². The zero-order chi connectivity index (χ0) is 71.1. The molecule has 6 N–H and O–H groups in total. The van der Waals surface area contributed by atoms with E-state index >= 15 is 0 Å². The van der Waals surface area contributed by atoms with Gasteiger partial charge in [-0.15, -0.1) is 5.10 Å². The number of oxazole rings is 1. The second kappa shape index (κ2) is 35.3. The van der Waals surface area contributed by atoms with Crippen LogP contribution in [0.2, 0.25) is 0 Å². The highest BCUT2D eigenvalue weighted by Gasteiger charge is 2.53. The summed E-state index contributed by atoms with van der Waals surface area (Å²) in [6.45, 7) is 14.7. The Morgan fingerprint density at radius 1 is 0.859 bits per heavy atom. The van der Waals surface area contributed by atoms with E-state index in [9.17, 15) is 34.2 Å². The van der Waals surface area contributed by atoms with Crippen molar-refractivity contribution >= 4 is 63.2 Å². The van der Waals surface area contributed by atoms with Crippen LogP contribution in [-0.2, 0) is 76.8 Å². The van der Waals surface area contributed by atoms with Crippen molar-refractivity contribution in [3.8, 4) is 11.3 Å². The van der Waals surface area contributed by atoms with Gasteiger partial charge in [0.05, 0.1) is 62.4 Å². The van der Waals surface area contributed by atoms with Crippen molar-refractivity contribution < 1.29 is 71.8 Å². The summed E-state index contributed by atoms with van der Waals surface area (Å²) >= 11 is 0. The molecule has 15 atom stereocenters. The molecule has 1 saturated carbocycles. The Morgan fingerprint density at radius 3 is 2.42 bits per heavy atom. The molecule has 26 heteroatoms. The number of aliphatic hydroxyl groups is 2. The van der Waals surface area contributed by atoms with Crippen molar-refractivity contribution in [3.63, 3.8) is 0 Å². The molecule has 1 aliphatic carbocycles. The molecule has 4 aromatic heterocycles. The van der Waals surface area contributed by atoms with Gasteiger partial charge < -0.3 is 64.2 Å². The van der Waals surface area contributed by atoms with Crippen molar-refractivity contribution in [2.24, 2.45) is 41.4 Å². The number of ketones is 3. The molecule has 540 valence electrons. The van der Waals surface area contributed by atoms with Crippen LogP contribution >= 0.6 is 0 Å². The van der Waals surface area contributed by atoms with Gasteiger partial charge in [-0.05, 0) is 132 Å². The molecule has 2 bridgehead atoms. The number of nitrogen functional groups attached to an aromatic ring is 2. The minimum Gasteiger partial charge on any atom is -0.460 e. The van der Waals surface area contributed by atoms with Gasteiger partial charge >= 0.3 is 5.97 Å². The largest absolute Gasteiger partial charge is 0.460 e. The highest BCUT2D eigenvalue weighted by molar-refractivity contribution is 6.39. The normalized spacial score (nSPS) is 29.9. The number of anilines is 2. The van der Waals surface area contributed by atoms with Gasteiger partial charge in [0.2, 0.25) is 5.79 Å². The fourth-order valence-electron chi connectivity index (χ4n) is 14.6. The third-order valence-corrected chi connectivity index (χ3v) is 20.5. The van der Waals surface area contributed by atoms with Gasteiger partial charge in [0, 0.05) is 83.0 Å². The molecule has 0 spiro atoms. The number of carbonyl (C=O) groups is 5. The van der Waals surface area contributed by atoms with Crippen LogP contribution in [0.3, 0.4) is 0 Å². The van der Waals surface area contributed by atoms with E-state index in [1.54, 1.807) is 51.8 Å². The van der Waals surface area contributed by atoms with Crippen LogP contribution in [0, 0.1) is 41.4 Å². The summed E-state index contributed by atoms with van der Waals surface area (Å²) in [6, 6.07) is 4.43. The number of methoxy groups -OCH3 is 3. The Bertz CT molecular complexity index is 3690. The van der Waals surface area contributed by atoms with E-state index in [1.165, 1.54) is 18.3 Å². The Hall–Kier alpha value is -7.43. The molecule has 7 heterocycles. The van der Waals surface area contributed by atoms with Gasteiger partial charge in [-0.2, -0.15) is 10.1 Å². The van der Waals surface area contributed by atoms with Gasteiger partial charge in [-0.25, -0.2) is 19.4 Å². The summed E-state index contributed by atoms with van der Waals surface area (Å²) in [5.74, 6) is -8.37. The van der Waals surface area contributed by atoms with Crippen molar-refractivity contribution in [2.45, 2.75) is 207 Å². The number of esters is 1. The van der Waals surface area contributed by atoms with E-state index in [1.807, 2.05) is 81.1 Å². The van der Waals surface area contributed by atoms with Gasteiger partial charge in [-0.1, -0.05) is 81.9 Å². The molecule has 3 fully saturated rings. The molecule has 0 unspecified atom stereocenters. The summed E-state index contributed by atoms with van der Waals surface area (Å²) in [7, 11) is 4.69. The molecule has 5 aromatic rings. The summed E-state index contributed by atoms with van der Waals surface area (Å²) in [5, 5.41) is 37.2. The summed E-state index contributed by atoms with van der Waals surface area (Å²) < 4.78 is 52.0. The number of allylic oxidation sites excluding steroid dienone is 6. The number of cyclic esters (lactones) is 1. The van der Waals surface area contributed by atoms with Crippen LogP contribution in [0.4, 0.5) is 11.8 Å². The number of unbranched alkanes of at least 4 members (excludes halogenated alkanes) is 1. The Labute approximate surface area is 579 Å². The predicted octanol–water partition coefficient (Wildman–Crippen LogP) is 8.85. The first kappa shape index (κ1) is 75.8. The first-order valence-electron chi connectivity index (χ1n) is 35.2. The number of hydrogen-bond donors (Lipinski definition) is 4. The average molecular weight is 1370 g/mol. The smallest absolute Gasteiger partial charge is 0.329 e. The quantitative estimate of drug-likeness (QED) is 0.0259. The van der Waals surface area contributed by atoms with Crippen LogP contribution in [0.5, 0.6) is 0 Å². The van der Waals surface area contributed by atoms with E-state index in [-0.39, 0.29) is 73.5 Å². The minimum atomic E-state index is -2.46. The molecule has 0 radical (unpaired) electrons. The molecule has 26 nitrogen and oxygen atoms in total. The topological polar surface area (TPSA) is 346 Å². The van der Waals surface area contributed by atoms with E-state index in [0.29, 0.717) is 129 Å². The number of rotatable bonds is 19. The molecule has 1 aromatic carbocycles. The fraction of sp³-hybridized carbons (Fsp3) is 0.630. The first-order valence-corrected chi connectivity index (χ1v) is 35.2. The Morgan fingerprint density at radius 2 is 1.66 bits per heavy atom. The lowest BCUT2D eigenvalue weighted by Gasteiger charge is -2.42. The minimum absolute atomic E-state index is 0.0147. The molecular weight excluding hydrogens is 1270 g/mol. The van der Waals surface area contributed by atoms with Crippen LogP contribution in [0.15, 0.2) is 82.7 Å². The highest BCUT2D eigenvalue weighted by atomic mass is 16.6. The van der Waals surface area contributed by atoms with Gasteiger partial charge in [0.1, 0.15) is 53.1 Å². The molecule has 9 rings (SSSR count). The maximum absolute atomic E-state index is 14.8. The molecule has 1 amide bonds. The Balaban J connectivity index is 0.818. The van der Waals surface area contributed by atoms with E-state index < -0.39 is 84.2 Å². The number of nitrogens with zero attached hydrogens (tertiary/aromatic N) is 9. The summed E-state index contributed by atoms with van der Waals surface area (Å²) in [5.41, 5.74) is 17.5. The number of amides is 1. The lowest BCUT2D eigenvalue weighted by atomic mass is 9.78. The predicted molar refractivity (Wildman–Crippen MR) is 370 cm³/mol. The third-order valence-electron chi connectivity index (χ3n) is 20.5. The number of ether oxygens (including phenoxy) is 7. The number of carbonyl (C=O) groups excluding carboxylic acids is 5. The number of aryl methyl sites for hydroxylation is 2. The monoisotopic (exact) mass is 1370 g/mol. The van der Waals surface area contributed by atoms with Crippen molar-refractivity contribution in [3.05, 3.63) is 84.0 Å². The van der Waals surface area contributed by atoms with Crippen molar-refractivity contribution in [2.75, 3.05) is 59.2 Å². The number of nitrogens with two attached hydrogens (primary N) is 2. The number of piperidine rings is 1. The molecule has 4 aliphatic rings. The van der Waals surface area contributed by atoms with Crippen LogP contribution < -0.4 is 11.5 Å². The lowest BCUT2D eigenvalue weighted by Crippen LogP contribution is -2.61. The van der Waals surface area contributed by atoms with Gasteiger partial charge in [0.25, 0.3) is 17.7 Å². The van der Waals surface area contributed by atoms with Crippen LogP contribution in [-0.4, -0.2) is 180 Å². The van der Waals surface area contributed by atoms with E-state index in [0.717, 1.165) is 30.4 Å². The SMILES string of the molecule is CO[C@H]1C[C@@H]2CC[C@@H](C)[C@@](O)(O2)C(=O)C(=O)N2CCCC[C@H]2C(=O)O[C@H]([C@H](C)C[C@@H]2CC[C@@H](OCCOCc3cn(CCCCn4nc(-c5ccc6oc(N)nc6c5)c5c(N)ncnc54)nn3)[C@H](OC)C2)CC(=O)[C@H](C)/C=C(\C)[C@@H](CO)[C@@H](OC)C(=O)[C@H](C)C[C@H](C)/C=C/C=CC=C1C. The van der Waals surface area contributed by atoms with E-state index in [2.05, 4.69) is 25.3 Å². The lowest BCUT2D eigenvalue weighted by molar-refractivity contribution is -0.265. The number of fused-ring (bicyclic) bond motifs is 5. The van der Waals surface area contributed by atoms with Gasteiger partial charge in [0.15, 0.2) is 17.0 Å². The highest BCUT2D eigenvalue weighted by Crippen LogP contribution is 2.39. The summed E-state index contributed by atoms with van der Waals surface area (Å²) in [4.78, 5) is 86.8. The van der Waals surface area contributed by atoms with Crippen molar-refractivity contribution in [1.29, 1.82) is 0 Å². The standard InChI is InChI=1S/C73H103N11O15/c1-43-18-12-11-13-19-44(2)60(92-8)37-53-24-21-49(7)73(91,99-53)67(88)70(89)83-28-15-14-20-56(83)71(90)97-61(38-57(86)46(4)33-45(3)54(40-85)66(94-10)65(87)48(6)32-43)47(5)34-50-22-25-59(62(35-50)93-9)96-31-30-95-41-52-39-82(81-79-52)27-16-17-29-84-69-63(68(74)76-42-77-69)64(80-84)51-23-26-58-55(36-51)78-72(75)98-58/h11-13,18-19,23,26,33,36,39,42-43,46-50,53-54,56,59-62,66,85,91H,14-17,20-22,24-25,27-32,34-35,37-38,40-41H2,1-10H3,(H2,75,78)(H2,74,76,77)/b13-11?,18-12+,44-19?,45-33+/t43-,46-,47-,48-,49-,50+,53+,54-,56+,59-,60+,61+,62-,66-,73-/m1/s1. The van der Waals surface area contributed by atoms with E-state index in [4.69, 9.17) is 54.1 Å². The molecule has 2 saturated heterocycles. The molecule has 3 aliphatic heterocycles. The Kier molecular flexibility index (Phi) is 27.0. The third kappa shape index (κ3) is 19.0. The number of aliphatic hydroxyl groups excluding tert-OH is 1. The molecular formula is C73H103N11O15. The first-order chi connectivity index (χ1) is 47.5. The maximum Gasteiger partial charge on any atom is 0.329 e. The average Bonchev–Trinajstić information content (AvgIpc) is 1.76. The van der Waals surface area contributed by atoms with Crippen molar-refractivity contribution in [1.82, 2.24) is 44.6 Å².